The van der Waals surface area contributed by atoms with Crippen LogP contribution in [0.25, 0.3) is 0 Å². The van der Waals surface area contributed by atoms with Gasteiger partial charge in [0.05, 0.1) is 29.7 Å². The van der Waals surface area contributed by atoms with Crippen molar-refractivity contribution in [1.82, 2.24) is 4.31 Å². The lowest BCUT2D eigenvalue weighted by Crippen LogP contribution is -2.40. The molecule has 1 aliphatic rings. The molecule has 2 aromatic rings. The Labute approximate surface area is 180 Å². The molecule has 31 heavy (non-hydrogen) atoms. The van der Waals surface area contributed by atoms with Crippen molar-refractivity contribution in [1.29, 1.82) is 5.26 Å². The predicted molar refractivity (Wildman–Crippen MR) is 111 cm³/mol. The number of sulfonamides is 1. The van der Waals surface area contributed by atoms with Crippen LogP contribution in [0.5, 0.6) is 0 Å². The highest BCUT2D eigenvalue weighted by Gasteiger charge is 2.27. The molecule has 2 aromatic carbocycles. The number of morpholine rings is 1. The zero-order valence-electron chi connectivity index (χ0n) is 16.6. The molecule has 162 valence electrons. The molecule has 0 saturated carbocycles. The van der Waals surface area contributed by atoms with E-state index in [1.54, 1.807) is 30.3 Å². The Morgan fingerprint density at radius 3 is 2.48 bits per heavy atom. The third-order valence-corrected chi connectivity index (χ3v) is 6.50. The average molecular weight is 443 g/mol. The molecule has 1 amide bonds. The maximum atomic E-state index is 12.8. The van der Waals surface area contributed by atoms with Crippen LogP contribution in [0.15, 0.2) is 59.5 Å². The van der Waals surface area contributed by atoms with E-state index < -0.39 is 28.5 Å². The molecule has 1 saturated heterocycles. The van der Waals surface area contributed by atoms with Crippen molar-refractivity contribution < 1.29 is 27.5 Å². The standard InChI is InChI=1S/C21H21N3O6S/c22-9-10-24(18-6-2-1-3-7-18)20(25)16-30-21(26)17-5-4-8-19(15-17)31(27,28)23-11-13-29-14-12-23/h1-8,15H,10-14,16H2. The molecule has 1 aliphatic heterocycles. The summed E-state index contributed by atoms with van der Waals surface area (Å²) in [5.74, 6) is -1.41. The minimum Gasteiger partial charge on any atom is -0.452 e. The smallest absolute Gasteiger partial charge is 0.338 e. The van der Waals surface area contributed by atoms with E-state index in [9.17, 15) is 18.0 Å². The molecule has 3 rings (SSSR count). The Kier molecular flexibility index (Phi) is 7.36. The number of hydrogen-bond acceptors (Lipinski definition) is 7. The van der Waals surface area contributed by atoms with Crippen LogP contribution in [0, 0.1) is 11.3 Å². The zero-order valence-corrected chi connectivity index (χ0v) is 17.5. The van der Waals surface area contributed by atoms with Crippen LogP contribution in [0.4, 0.5) is 5.69 Å². The number of carbonyl (C=O) groups excluding carboxylic acids is 2. The van der Waals surface area contributed by atoms with E-state index in [4.69, 9.17) is 14.7 Å². The highest BCUT2D eigenvalue weighted by Crippen LogP contribution is 2.19. The first-order chi connectivity index (χ1) is 14.9. The number of nitriles is 1. The number of benzene rings is 2. The van der Waals surface area contributed by atoms with Gasteiger partial charge in [0.2, 0.25) is 10.0 Å². The van der Waals surface area contributed by atoms with Gasteiger partial charge in [-0.15, -0.1) is 0 Å². The molecule has 0 aliphatic carbocycles. The summed E-state index contributed by atoms with van der Waals surface area (Å²) >= 11 is 0. The third kappa shape index (κ3) is 5.46. The summed E-state index contributed by atoms with van der Waals surface area (Å²) in [7, 11) is -3.77. The predicted octanol–water partition coefficient (Wildman–Crippen LogP) is 1.42. The minimum absolute atomic E-state index is 0.00804. The van der Waals surface area contributed by atoms with Gasteiger partial charge in [0.15, 0.2) is 6.61 Å². The number of ether oxygens (including phenoxy) is 2. The van der Waals surface area contributed by atoms with Crippen molar-refractivity contribution in [2.45, 2.75) is 4.90 Å². The molecule has 9 nitrogen and oxygen atoms in total. The highest BCUT2D eigenvalue weighted by molar-refractivity contribution is 7.89. The van der Waals surface area contributed by atoms with Gasteiger partial charge in [-0.1, -0.05) is 24.3 Å². The van der Waals surface area contributed by atoms with Gasteiger partial charge in [-0.2, -0.15) is 9.57 Å². The van der Waals surface area contributed by atoms with E-state index in [-0.39, 0.29) is 30.1 Å². The van der Waals surface area contributed by atoms with Crippen LogP contribution in [-0.4, -0.2) is 64.1 Å². The van der Waals surface area contributed by atoms with Crippen molar-refractivity contribution in [3.63, 3.8) is 0 Å². The van der Waals surface area contributed by atoms with Crippen LogP contribution in [0.2, 0.25) is 0 Å². The Morgan fingerprint density at radius 1 is 1.10 bits per heavy atom. The molecule has 0 atom stereocenters. The van der Waals surface area contributed by atoms with Gasteiger partial charge in [-0.05, 0) is 30.3 Å². The summed E-state index contributed by atoms with van der Waals surface area (Å²) < 4.78 is 37.1. The summed E-state index contributed by atoms with van der Waals surface area (Å²) in [5.41, 5.74) is 0.511. The van der Waals surface area contributed by atoms with Crippen LogP contribution in [0.1, 0.15) is 10.4 Å². The maximum absolute atomic E-state index is 12.8. The zero-order chi connectivity index (χ0) is 22.3. The molecular formula is C21H21N3O6S. The van der Waals surface area contributed by atoms with Crippen LogP contribution < -0.4 is 4.90 Å². The molecule has 10 heteroatoms. The summed E-state index contributed by atoms with van der Waals surface area (Å²) in [4.78, 5) is 26.1. The Morgan fingerprint density at radius 2 is 1.81 bits per heavy atom. The quantitative estimate of drug-likeness (QED) is 0.469. The second kappa shape index (κ2) is 10.2. The van der Waals surface area contributed by atoms with E-state index in [1.807, 2.05) is 6.07 Å². The van der Waals surface area contributed by atoms with Crippen molar-refractivity contribution >= 4 is 27.6 Å². The Bertz CT molecular complexity index is 1080. The highest BCUT2D eigenvalue weighted by atomic mass is 32.2. The fourth-order valence-corrected chi connectivity index (χ4v) is 4.46. The van der Waals surface area contributed by atoms with E-state index >= 15 is 0 Å². The lowest BCUT2D eigenvalue weighted by molar-refractivity contribution is -0.121. The van der Waals surface area contributed by atoms with Crippen molar-refractivity contribution in [3.05, 3.63) is 60.2 Å². The number of para-hydroxylation sites is 1. The van der Waals surface area contributed by atoms with Gasteiger partial charge in [0.25, 0.3) is 5.91 Å². The second-order valence-electron chi connectivity index (χ2n) is 6.59. The first-order valence-corrected chi connectivity index (χ1v) is 10.9. The molecule has 1 heterocycles. The normalized spacial score (nSPS) is 14.4. The Balaban J connectivity index is 1.69. The molecule has 0 unspecified atom stereocenters. The fraction of sp³-hybridized carbons (Fsp3) is 0.286. The lowest BCUT2D eigenvalue weighted by atomic mass is 10.2. The largest absolute Gasteiger partial charge is 0.452 e. The minimum atomic E-state index is -3.77. The molecular weight excluding hydrogens is 422 g/mol. The van der Waals surface area contributed by atoms with Crippen molar-refractivity contribution in [2.24, 2.45) is 0 Å². The second-order valence-corrected chi connectivity index (χ2v) is 8.53. The monoisotopic (exact) mass is 443 g/mol. The first kappa shape index (κ1) is 22.4. The lowest BCUT2D eigenvalue weighted by Gasteiger charge is -2.26. The topological polar surface area (TPSA) is 117 Å². The van der Waals surface area contributed by atoms with Gasteiger partial charge < -0.3 is 9.47 Å². The molecule has 0 N–H and O–H groups in total. The number of nitrogens with zero attached hydrogens (tertiary/aromatic N) is 3. The maximum Gasteiger partial charge on any atom is 0.338 e. The summed E-state index contributed by atoms with van der Waals surface area (Å²) in [5, 5.41) is 9.00. The number of hydrogen-bond donors (Lipinski definition) is 0. The average Bonchev–Trinajstić information content (AvgIpc) is 2.82. The Hall–Kier alpha value is -3.26. The van der Waals surface area contributed by atoms with E-state index in [1.165, 1.54) is 33.5 Å². The van der Waals surface area contributed by atoms with Crippen LogP contribution in [-0.2, 0) is 24.3 Å². The van der Waals surface area contributed by atoms with Crippen molar-refractivity contribution in [3.8, 4) is 6.07 Å². The number of anilines is 1. The SMILES string of the molecule is N#CCN(C(=O)COC(=O)c1cccc(S(=O)(=O)N2CCOCC2)c1)c1ccccc1. The molecule has 0 aromatic heterocycles. The summed E-state index contributed by atoms with van der Waals surface area (Å²) in [6, 6.07) is 15.9. The van der Waals surface area contributed by atoms with Gasteiger partial charge >= 0.3 is 5.97 Å². The van der Waals surface area contributed by atoms with E-state index in [0.29, 0.717) is 18.9 Å². The number of carbonyl (C=O) groups is 2. The molecule has 0 spiro atoms. The summed E-state index contributed by atoms with van der Waals surface area (Å²) in [6.45, 7) is 0.302. The molecule has 0 bridgehead atoms. The van der Waals surface area contributed by atoms with Gasteiger partial charge in [-0.25, -0.2) is 13.2 Å². The van der Waals surface area contributed by atoms with Gasteiger partial charge in [0, 0.05) is 18.8 Å². The number of amides is 1. The number of esters is 1. The number of rotatable bonds is 7. The fourth-order valence-electron chi connectivity index (χ4n) is 3.01. The summed E-state index contributed by atoms with van der Waals surface area (Å²) in [6.07, 6.45) is 0. The third-order valence-electron chi connectivity index (χ3n) is 4.60. The van der Waals surface area contributed by atoms with Gasteiger partial charge in [0.1, 0.15) is 6.54 Å². The van der Waals surface area contributed by atoms with E-state index in [2.05, 4.69) is 0 Å². The van der Waals surface area contributed by atoms with Crippen molar-refractivity contribution in [2.75, 3.05) is 44.4 Å². The first-order valence-electron chi connectivity index (χ1n) is 9.51. The molecule has 1 fully saturated rings. The van der Waals surface area contributed by atoms with Crippen LogP contribution in [0.3, 0.4) is 0 Å². The van der Waals surface area contributed by atoms with Crippen LogP contribution >= 0.6 is 0 Å². The van der Waals surface area contributed by atoms with Gasteiger partial charge in [-0.3, -0.25) is 9.69 Å². The van der Waals surface area contributed by atoms with E-state index in [0.717, 1.165) is 0 Å². The molecule has 0 radical (unpaired) electrons.